The molecule has 4 nitrogen and oxygen atoms in total. The van der Waals surface area contributed by atoms with Gasteiger partial charge in [-0.15, -0.1) is 0 Å². The van der Waals surface area contributed by atoms with Crippen molar-refractivity contribution in [3.05, 3.63) is 71.8 Å². The van der Waals surface area contributed by atoms with Crippen molar-refractivity contribution in [3.8, 4) is 0 Å². The van der Waals surface area contributed by atoms with Gasteiger partial charge in [0.2, 0.25) is 11.8 Å². The van der Waals surface area contributed by atoms with Crippen molar-refractivity contribution >= 4 is 11.8 Å². The van der Waals surface area contributed by atoms with Crippen molar-refractivity contribution in [2.45, 2.75) is 65.0 Å². The highest BCUT2D eigenvalue weighted by molar-refractivity contribution is 5.87. The van der Waals surface area contributed by atoms with Crippen LogP contribution in [0.2, 0.25) is 0 Å². The highest BCUT2D eigenvalue weighted by Crippen LogP contribution is 2.13. The van der Waals surface area contributed by atoms with E-state index in [1.54, 1.807) is 4.90 Å². The van der Waals surface area contributed by atoms with Gasteiger partial charge in [0, 0.05) is 19.0 Å². The molecule has 156 valence electrons. The van der Waals surface area contributed by atoms with Crippen LogP contribution in [-0.2, 0) is 22.4 Å². The van der Waals surface area contributed by atoms with E-state index in [0.29, 0.717) is 25.8 Å². The monoisotopic (exact) mass is 394 g/mol. The molecule has 2 atom stereocenters. The van der Waals surface area contributed by atoms with Crippen molar-refractivity contribution in [2.75, 3.05) is 6.54 Å². The molecule has 29 heavy (non-hydrogen) atoms. The Morgan fingerprint density at radius 2 is 1.41 bits per heavy atom. The number of carbonyl (C=O) groups excluding carboxylic acids is 2. The van der Waals surface area contributed by atoms with Gasteiger partial charge >= 0.3 is 0 Å². The average Bonchev–Trinajstić information content (AvgIpc) is 2.76. The fourth-order valence-electron chi connectivity index (χ4n) is 3.38. The fraction of sp³-hybridized carbons (Fsp3) is 0.440. The van der Waals surface area contributed by atoms with Gasteiger partial charge in [0.05, 0.1) is 0 Å². The van der Waals surface area contributed by atoms with Gasteiger partial charge in [-0.05, 0) is 43.7 Å². The van der Waals surface area contributed by atoms with E-state index in [0.717, 1.165) is 18.4 Å². The first kappa shape index (κ1) is 22.7. The lowest BCUT2D eigenvalue weighted by Gasteiger charge is -2.31. The molecule has 1 N–H and O–H groups in total. The molecule has 2 unspecified atom stereocenters. The van der Waals surface area contributed by atoms with Crippen molar-refractivity contribution < 1.29 is 9.59 Å². The summed E-state index contributed by atoms with van der Waals surface area (Å²) in [6.45, 7) is 6.56. The van der Waals surface area contributed by atoms with E-state index >= 15 is 0 Å². The van der Waals surface area contributed by atoms with Gasteiger partial charge in [0.15, 0.2) is 0 Å². The topological polar surface area (TPSA) is 49.4 Å². The van der Waals surface area contributed by atoms with Gasteiger partial charge in [0.25, 0.3) is 0 Å². The molecule has 0 aliphatic carbocycles. The molecule has 4 heteroatoms. The summed E-state index contributed by atoms with van der Waals surface area (Å²) in [5.74, 6) is -0.0149. The second-order valence-corrected chi connectivity index (χ2v) is 7.55. The number of hydrogen-bond donors (Lipinski definition) is 1. The van der Waals surface area contributed by atoms with E-state index in [1.807, 2.05) is 69.3 Å². The Bertz CT molecular complexity index is 746. The van der Waals surface area contributed by atoms with Crippen LogP contribution < -0.4 is 5.32 Å². The number of nitrogens with zero attached hydrogens (tertiary/aromatic N) is 1. The van der Waals surface area contributed by atoms with Crippen LogP contribution in [0.5, 0.6) is 0 Å². The lowest BCUT2D eigenvalue weighted by molar-refractivity contribution is -0.141. The number of benzene rings is 2. The first-order chi connectivity index (χ1) is 14.0. The zero-order valence-electron chi connectivity index (χ0n) is 17.9. The van der Waals surface area contributed by atoms with Gasteiger partial charge in [0.1, 0.15) is 6.04 Å². The summed E-state index contributed by atoms with van der Waals surface area (Å²) >= 11 is 0. The van der Waals surface area contributed by atoms with Gasteiger partial charge in [-0.1, -0.05) is 74.5 Å². The first-order valence-corrected chi connectivity index (χ1v) is 10.7. The van der Waals surface area contributed by atoms with E-state index in [-0.39, 0.29) is 17.9 Å². The first-order valence-electron chi connectivity index (χ1n) is 10.7. The number of amides is 2. The summed E-state index contributed by atoms with van der Waals surface area (Å²) < 4.78 is 0. The van der Waals surface area contributed by atoms with Gasteiger partial charge in [-0.3, -0.25) is 9.59 Å². The smallest absolute Gasteiger partial charge is 0.243 e. The Morgan fingerprint density at radius 3 is 1.93 bits per heavy atom. The zero-order valence-corrected chi connectivity index (χ0v) is 17.9. The van der Waals surface area contributed by atoms with Crippen LogP contribution in [0.1, 0.15) is 51.2 Å². The number of carbonyl (C=O) groups is 2. The number of hydrogen-bond acceptors (Lipinski definition) is 2. The lowest BCUT2D eigenvalue weighted by atomic mass is 10.1. The summed E-state index contributed by atoms with van der Waals surface area (Å²) in [5.41, 5.74) is 2.31. The maximum Gasteiger partial charge on any atom is 0.243 e. The van der Waals surface area contributed by atoms with Crippen molar-refractivity contribution in [1.29, 1.82) is 0 Å². The highest BCUT2D eigenvalue weighted by Gasteiger charge is 2.28. The average molecular weight is 395 g/mol. The predicted molar refractivity (Wildman–Crippen MR) is 119 cm³/mol. The minimum atomic E-state index is -0.434. The van der Waals surface area contributed by atoms with Crippen LogP contribution in [-0.4, -0.2) is 35.3 Å². The number of nitrogens with one attached hydrogen (secondary N) is 1. The molecule has 0 aliphatic rings. The lowest BCUT2D eigenvalue weighted by Crippen LogP contribution is -2.51. The van der Waals surface area contributed by atoms with Crippen LogP contribution >= 0.6 is 0 Å². The Morgan fingerprint density at radius 1 is 0.862 bits per heavy atom. The van der Waals surface area contributed by atoms with Crippen molar-refractivity contribution in [3.63, 3.8) is 0 Å². The molecule has 0 saturated carbocycles. The van der Waals surface area contributed by atoms with Crippen LogP contribution in [0.25, 0.3) is 0 Å². The fourth-order valence-corrected chi connectivity index (χ4v) is 3.38. The number of aryl methyl sites for hydroxylation is 1. The molecular formula is C25H34N2O2. The third-order valence-corrected chi connectivity index (χ3v) is 5.34. The van der Waals surface area contributed by atoms with Crippen LogP contribution in [0.15, 0.2) is 60.7 Å². The molecule has 0 bridgehead atoms. The summed E-state index contributed by atoms with van der Waals surface area (Å²) in [6, 6.07) is 19.8. The standard InChI is InChI=1S/C25H34N2O2/c1-4-20(3)26-25(29)23(5-2)27(19-18-22-14-10-7-11-15-22)24(28)17-16-21-12-8-6-9-13-21/h6-15,20,23H,4-5,16-19H2,1-3H3,(H,26,29). The molecular weight excluding hydrogens is 360 g/mol. The van der Waals surface area contributed by atoms with Crippen LogP contribution in [0.4, 0.5) is 0 Å². The summed E-state index contributed by atoms with van der Waals surface area (Å²) in [7, 11) is 0. The molecule has 0 saturated heterocycles. The normalized spacial score (nSPS) is 12.8. The van der Waals surface area contributed by atoms with Crippen molar-refractivity contribution in [1.82, 2.24) is 10.2 Å². The summed E-state index contributed by atoms with van der Waals surface area (Å²) in [6.07, 6.45) is 3.31. The number of rotatable bonds is 11. The van der Waals surface area contributed by atoms with E-state index in [1.165, 1.54) is 5.56 Å². The van der Waals surface area contributed by atoms with E-state index < -0.39 is 6.04 Å². The molecule has 0 aliphatic heterocycles. The van der Waals surface area contributed by atoms with Crippen molar-refractivity contribution in [2.24, 2.45) is 0 Å². The summed E-state index contributed by atoms with van der Waals surface area (Å²) in [4.78, 5) is 27.8. The Kier molecular flexibility index (Phi) is 9.42. The second kappa shape index (κ2) is 12.1. The van der Waals surface area contributed by atoms with Gasteiger partial charge < -0.3 is 10.2 Å². The molecule has 2 rings (SSSR count). The highest BCUT2D eigenvalue weighted by atomic mass is 16.2. The van der Waals surface area contributed by atoms with E-state index in [9.17, 15) is 9.59 Å². The SMILES string of the molecule is CCC(C)NC(=O)C(CC)N(CCc1ccccc1)C(=O)CCc1ccccc1. The van der Waals surface area contributed by atoms with Gasteiger partial charge in [-0.2, -0.15) is 0 Å². The quantitative estimate of drug-likeness (QED) is 0.615. The second-order valence-electron chi connectivity index (χ2n) is 7.55. The Labute approximate surface area is 175 Å². The van der Waals surface area contributed by atoms with E-state index in [4.69, 9.17) is 0 Å². The van der Waals surface area contributed by atoms with Crippen LogP contribution in [0.3, 0.4) is 0 Å². The van der Waals surface area contributed by atoms with E-state index in [2.05, 4.69) is 17.4 Å². The maximum atomic E-state index is 13.1. The third-order valence-electron chi connectivity index (χ3n) is 5.34. The molecule has 2 aromatic rings. The maximum absolute atomic E-state index is 13.1. The van der Waals surface area contributed by atoms with Crippen LogP contribution in [0, 0.1) is 0 Å². The molecule has 2 aromatic carbocycles. The predicted octanol–water partition coefficient (Wildman–Crippen LogP) is 4.38. The molecule has 0 spiro atoms. The molecule has 0 aromatic heterocycles. The summed E-state index contributed by atoms with van der Waals surface area (Å²) in [5, 5.41) is 3.06. The zero-order chi connectivity index (χ0) is 21.1. The molecule has 0 radical (unpaired) electrons. The Hall–Kier alpha value is -2.62. The van der Waals surface area contributed by atoms with Gasteiger partial charge in [-0.25, -0.2) is 0 Å². The molecule has 0 heterocycles. The minimum absolute atomic E-state index is 0.0379. The molecule has 2 amide bonds. The minimum Gasteiger partial charge on any atom is -0.352 e. The third kappa shape index (κ3) is 7.37. The molecule has 0 fully saturated rings. The largest absolute Gasteiger partial charge is 0.352 e. The Balaban J connectivity index is 2.11.